The van der Waals surface area contributed by atoms with E-state index in [9.17, 15) is 5.11 Å². The number of imidazole rings is 1. The Hall–Kier alpha value is -1.26. The Labute approximate surface area is 104 Å². The maximum Gasteiger partial charge on any atom is 0.194 e. The molecule has 0 saturated carbocycles. The molecular formula is C12H13ClN2O2. The molecule has 1 N–H and O–H groups in total. The van der Waals surface area contributed by atoms with E-state index in [0.717, 1.165) is 30.8 Å². The molecule has 0 aliphatic carbocycles. The smallest absolute Gasteiger partial charge is 0.194 e. The second-order valence-corrected chi connectivity index (χ2v) is 4.65. The highest BCUT2D eigenvalue weighted by molar-refractivity contribution is 6.28. The summed E-state index contributed by atoms with van der Waals surface area (Å²) in [4.78, 5) is 4.38. The van der Waals surface area contributed by atoms with E-state index < -0.39 is 0 Å². The van der Waals surface area contributed by atoms with Crippen LogP contribution in [0.3, 0.4) is 0 Å². The minimum atomic E-state index is 0.0973. The average Bonchev–Trinajstić information content (AvgIpc) is 2.94. The normalized spacial score (nSPS) is 19.3. The van der Waals surface area contributed by atoms with Crippen molar-refractivity contribution in [2.24, 2.45) is 0 Å². The summed E-state index contributed by atoms with van der Waals surface area (Å²) < 4.78 is 7.46. The average molecular weight is 253 g/mol. The topological polar surface area (TPSA) is 51.2 Å². The van der Waals surface area contributed by atoms with Gasteiger partial charge in [0.1, 0.15) is 0 Å². The third kappa shape index (κ3) is 1.77. The van der Waals surface area contributed by atoms with Gasteiger partial charge in [-0.3, -0.25) is 0 Å². The quantitative estimate of drug-likeness (QED) is 0.894. The lowest BCUT2D eigenvalue weighted by molar-refractivity contribution is 0.208. The SMILES string of the molecule is OCC1CCCc2cnc(-c3ccc(Cl)o3)n21. The van der Waals surface area contributed by atoms with Crippen LogP contribution in [0.15, 0.2) is 22.7 Å². The largest absolute Gasteiger partial charge is 0.441 e. The molecule has 1 aliphatic heterocycles. The van der Waals surface area contributed by atoms with E-state index in [4.69, 9.17) is 16.0 Å². The summed E-state index contributed by atoms with van der Waals surface area (Å²) in [5.74, 6) is 1.41. The van der Waals surface area contributed by atoms with E-state index >= 15 is 0 Å². The molecule has 0 aromatic carbocycles. The zero-order valence-electron chi connectivity index (χ0n) is 9.27. The van der Waals surface area contributed by atoms with Crippen molar-refractivity contribution in [3.63, 3.8) is 0 Å². The van der Waals surface area contributed by atoms with Crippen molar-refractivity contribution in [1.29, 1.82) is 0 Å². The van der Waals surface area contributed by atoms with Gasteiger partial charge in [-0.2, -0.15) is 0 Å². The zero-order valence-corrected chi connectivity index (χ0v) is 10.0. The van der Waals surface area contributed by atoms with E-state index in [0.29, 0.717) is 11.0 Å². The molecule has 0 amide bonds. The molecule has 90 valence electrons. The maximum absolute atomic E-state index is 9.43. The van der Waals surface area contributed by atoms with E-state index in [1.165, 1.54) is 0 Å². The number of aliphatic hydroxyl groups excluding tert-OH is 1. The summed E-state index contributed by atoms with van der Waals surface area (Å²) in [6.45, 7) is 0.130. The van der Waals surface area contributed by atoms with E-state index in [1.807, 2.05) is 6.20 Å². The summed E-state index contributed by atoms with van der Waals surface area (Å²) in [7, 11) is 0. The summed E-state index contributed by atoms with van der Waals surface area (Å²) in [5.41, 5.74) is 1.15. The van der Waals surface area contributed by atoms with Crippen LogP contribution in [0.1, 0.15) is 24.6 Å². The second-order valence-electron chi connectivity index (χ2n) is 4.28. The number of rotatable bonds is 2. The van der Waals surface area contributed by atoms with Crippen LogP contribution in [0.4, 0.5) is 0 Å². The lowest BCUT2D eigenvalue weighted by atomic mass is 10.0. The van der Waals surface area contributed by atoms with Crippen LogP contribution in [0.5, 0.6) is 0 Å². The highest BCUT2D eigenvalue weighted by atomic mass is 35.5. The van der Waals surface area contributed by atoms with Gasteiger partial charge in [-0.25, -0.2) is 4.98 Å². The molecule has 0 bridgehead atoms. The highest BCUT2D eigenvalue weighted by Gasteiger charge is 2.24. The molecule has 0 saturated heterocycles. The first-order chi connectivity index (χ1) is 8.29. The van der Waals surface area contributed by atoms with Crippen LogP contribution in [0.2, 0.25) is 5.22 Å². The molecule has 1 unspecified atom stereocenters. The van der Waals surface area contributed by atoms with Crippen LogP contribution in [0, 0.1) is 0 Å². The molecule has 5 heteroatoms. The van der Waals surface area contributed by atoms with Crippen LogP contribution < -0.4 is 0 Å². The number of aromatic nitrogens is 2. The van der Waals surface area contributed by atoms with E-state index in [-0.39, 0.29) is 12.6 Å². The van der Waals surface area contributed by atoms with Crippen LogP contribution in [0.25, 0.3) is 11.6 Å². The van der Waals surface area contributed by atoms with Crippen molar-refractivity contribution >= 4 is 11.6 Å². The lowest BCUT2D eigenvalue weighted by Gasteiger charge is -2.25. The minimum absolute atomic E-state index is 0.0973. The summed E-state index contributed by atoms with van der Waals surface area (Å²) in [6, 6.07) is 3.61. The number of aryl methyl sites for hydroxylation is 1. The third-order valence-corrected chi connectivity index (χ3v) is 3.42. The van der Waals surface area contributed by atoms with E-state index in [2.05, 4.69) is 9.55 Å². The Balaban J connectivity index is 2.09. The Morgan fingerprint density at radius 1 is 1.53 bits per heavy atom. The van der Waals surface area contributed by atoms with E-state index in [1.54, 1.807) is 12.1 Å². The number of halogens is 1. The monoisotopic (exact) mass is 252 g/mol. The molecule has 0 spiro atoms. The molecule has 1 aliphatic rings. The lowest BCUT2D eigenvalue weighted by Crippen LogP contribution is -2.21. The fraction of sp³-hybridized carbons (Fsp3) is 0.417. The van der Waals surface area contributed by atoms with Crippen LogP contribution >= 0.6 is 11.6 Å². The second kappa shape index (κ2) is 4.20. The molecule has 2 aromatic rings. The Kier molecular flexibility index (Phi) is 2.68. The third-order valence-electron chi connectivity index (χ3n) is 3.21. The Morgan fingerprint density at radius 2 is 2.41 bits per heavy atom. The zero-order chi connectivity index (χ0) is 11.8. The van der Waals surface area contributed by atoms with Gasteiger partial charge in [0.05, 0.1) is 12.6 Å². The molecule has 3 heterocycles. The predicted molar refractivity (Wildman–Crippen MR) is 64.0 cm³/mol. The van der Waals surface area contributed by atoms with Crippen molar-refractivity contribution in [2.45, 2.75) is 25.3 Å². The number of hydrogen-bond acceptors (Lipinski definition) is 3. The van der Waals surface area contributed by atoms with Gasteiger partial charge in [0, 0.05) is 11.9 Å². The number of nitrogens with zero attached hydrogens (tertiary/aromatic N) is 2. The summed E-state index contributed by atoms with van der Waals surface area (Å²) >= 11 is 5.78. The van der Waals surface area contributed by atoms with Crippen LogP contribution in [-0.2, 0) is 6.42 Å². The summed E-state index contributed by atoms with van der Waals surface area (Å²) in [6.07, 6.45) is 4.92. The highest BCUT2D eigenvalue weighted by Crippen LogP contribution is 2.32. The van der Waals surface area contributed by atoms with Gasteiger partial charge < -0.3 is 14.1 Å². The fourth-order valence-corrected chi connectivity index (χ4v) is 2.57. The first-order valence-corrected chi connectivity index (χ1v) is 6.10. The molecule has 4 nitrogen and oxygen atoms in total. The van der Waals surface area contributed by atoms with Gasteiger partial charge in [0.2, 0.25) is 0 Å². The van der Waals surface area contributed by atoms with Crippen molar-refractivity contribution in [2.75, 3.05) is 6.61 Å². The van der Waals surface area contributed by atoms with Crippen molar-refractivity contribution in [3.05, 3.63) is 29.2 Å². The number of furan rings is 1. The molecule has 3 rings (SSSR count). The first kappa shape index (κ1) is 10.9. The fourth-order valence-electron chi connectivity index (χ4n) is 2.43. The molecule has 17 heavy (non-hydrogen) atoms. The Morgan fingerprint density at radius 3 is 3.12 bits per heavy atom. The molecule has 1 atom stereocenters. The van der Waals surface area contributed by atoms with Gasteiger partial charge >= 0.3 is 0 Å². The van der Waals surface area contributed by atoms with Crippen LogP contribution in [-0.4, -0.2) is 21.3 Å². The predicted octanol–water partition coefficient (Wildman–Crippen LogP) is 2.67. The number of aliphatic hydroxyl groups is 1. The molecule has 0 radical (unpaired) electrons. The van der Waals surface area contributed by atoms with Crippen molar-refractivity contribution < 1.29 is 9.52 Å². The first-order valence-electron chi connectivity index (χ1n) is 5.72. The number of fused-ring (bicyclic) bond motifs is 1. The van der Waals surface area contributed by atoms with Crippen molar-refractivity contribution in [1.82, 2.24) is 9.55 Å². The standard InChI is InChI=1S/C12H13ClN2O2/c13-11-5-4-10(17-11)12-14-6-8-2-1-3-9(7-16)15(8)12/h4-6,9,16H,1-3,7H2. The summed E-state index contributed by atoms with van der Waals surface area (Å²) in [5, 5.41) is 9.78. The minimum Gasteiger partial charge on any atom is -0.441 e. The molecule has 2 aromatic heterocycles. The maximum atomic E-state index is 9.43. The van der Waals surface area contributed by atoms with Gasteiger partial charge in [-0.1, -0.05) is 0 Å². The number of hydrogen-bond donors (Lipinski definition) is 1. The van der Waals surface area contributed by atoms with Gasteiger partial charge in [-0.15, -0.1) is 0 Å². The Bertz CT molecular complexity index is 532. The van der Waals surface area contributed by atoms with Gasteiger partial charge in [0.25, 0.3) is 0 Å². The van der Waals surface area contributed by atoms with Gasteiger partial charge in [-0.05, 0) is 43.0 Å². The van der Waals surface area contributed by atoms with Gasteiger partial charge in [0.15, 0.2) is 16.8 Å². The van der Waals surface area contributed by atoms with Crippen molar-refractivity contribution in [3.8, 4) is 11.6 Å². The molecular weight excluding hydrogens is 240 g/mol. The molecule has 0 fully saturated rings.